The Morgan fingerprint density at radius 3 is 2.93 bits per heavy atom. The summed E-state index contributed by atoms with van der Waals surface area (Å²) in [4.78, 5) is 33.7. The van der Waals surface area contributed by atoms with E-state index in [0.717, 1.165) is 29.9 Å². The quantitative estimate of drug-likeness (QED) is 0.586. The SMILES string of the molecule is O=c1[nH]c(-c2cncnc2)nc2c1CCN(Cc1cccc3[nH]ccc13)C2. The van der Waals surface area contributed by atoms with Gasteiger partial charge in [0.1, 0.15) is 12.2 Å². The Bertz CT molecular complexity index is 1160. The van der Waals surface area contributed by atoms with Crippen molar-refractivity contribution in [2.24, 2.45) is 0 Å². The molecule has 0 saturated carbocycles. The minimum Gasteiger partial charge on any atom is -0.361 e. The van der Waals surface area contributed by atoms with Crippen LogP contribution in [-0.2, 0) is 19.5 Å². The molecular weight excluding hydrogens is 340 g/mol. The van der Waals surface area contributed by atoms with Crippen molar-refractivity contribution in [1.82, 2.24) is 29.8 Å². The number of aromatic nitrogens is 5. The molecule has 2 N–H and O–H groups in total. The Morgan fingerprint density at radius 2 is 2.04 bits per heavy atom. The van der Waals surface area contributed by atoms with Crippen molar-refractivity contribution >= 4 is 10.9 Å². The van der Waals surface area contributed by atoms with Crippen molar-refractivity contribution in [2.45, 2.75) is 19.5 Å². The monoisotopic (exact) mass is 358 g/mol. The summed E-state index contributed by atoms with van der Waals surface area (Å²) in [6.45, 7) is 2.32. The number of benzene rings is 1. The lowest BCUT2D eigenvalue weighted by Crippen LogP contribution is -2.35. The van der Waals surface area contributed by atoms with Gasteiger partial charge in [0.25, 0.3) is 5.56 Å². The third-order valence-corrected chi connectivity index (χ3v) is 5.07. The van der Waals surface area contributed by atoms with Crippen molar-refractivity contribution < 1.29 is 0 Å². The summed E-state index contributed by atoms with van der Waals surface area (Å²) in [5.41, 5.74) is 4.69. The largest absolute Gasteiger partial charge is 0.361 e. The van der Waals surface area contributed by atoms with Crippen LogP contribution >= 0.6 is 0 Å². The van der Waals surface area contributed by atoms with Crippen LogP contribution in [0.3, 0.4) is 0 Å². The zero-order chi connectivity index (χ0) is 18.2. The Morgan fingerprint density at radius 1 is 1.15 bits per heavy atom. The van der Waals surface area contributed by atoms with Crippen LogP contribution in [0.4, 0.5) is 0 Å². The van der Waals surface area contributed by atoms with Crippen LogP contribution in [-0.4, -0.2) is 36.4 Å². The smallest absolute Gasteiger partial charge is 0.254 e. The molecule has 0 radical (unpaired) electrons. The maximum atomic E-state index is 12.5. The molecule has 7 nitrogen and oxygen atoms in total. The van der Waals surface area contributed by atoms with E-state index in [2.05, 4.69) is 49.1 Å². The molecule has 27 heavy (non-hydrogen) atoms. The number of fused-ring (bicyclic) bond motifs is 2. The van der Waals surface area contributed by atoms with Crippen molar-refractivity contribution in [1.29, 1.82) is 0 Å². The molecule has 7 heteroatoms. The van der Waals surface area contributed by atoms with Gasteiger partial charge in [0.2, 0.25) is 0 Å². The van der Waals surface area contributed by atoms with E-state index in [1.807, 2.05) is 6.20 Å². The molecule has 5 rings (SSSR count). The number of rotatable bonds is 3. The van der Waals surface area contributed by atoms with Crippen LogP contribution in [0, 0.1) is 0 Å². The van der Waals surface area contributed by atoms with Gasteiger partial charge in [-0.1, -0.05) is 12.1 Å². The average molecular weight is 358 g/mol. The minimum absolute atomic E-state index is 0.0637. The van der Waals surface area contributed by atoms with Gasteiger partial charge in [-0.3, -0.25) is 9.69 Å². The first-order chi connectivity index (χ1) is 13.3. The van der Waals surface area contributed by atoms with E-state index in [9.17, 15) is 4.79 Å². The van der Waals surface area contributed by atoms with Crippen molar-refractivity contribution in [3.8, 4) is 11.4 Å². The summed E-state index contributed by atoms with van der Waals surface area (Å²) < 4.78 is 0. The predicted molar refractivity (Wildman–Crippen MR) is 102 cm³/mol. The molecule has 3 aromatic heterocycles. The van der Waals surface area contributed by atoms with E-state index >= 15 is 0 Å². The van der Waals surface area contributed by atoms with Gasteiger partial charge in [-0.2, -0.15) is 0 Å². The molecule has 0 saturated heterocycles. The minimum atomic E-state index is -0.0637. The predicted octanol–water partition coefficient (Wildman–Crippen LogP) is 2.27. The number of nitrogens with one attached hydrogen (secondary N) is 2. The summed E-state index contributed by atoms with van der Waals surface area (Å²) in [6.07, 6.45) is 7.44. The lowest BCUT2D eigenvalue weighted by Gasteiger charge is -2.28. The summed E-state index contributed by atoms with van der Waals surface area (Å²) in [6, 6.07) is 8.42. The zero-order valence-electron chi connectivity index (χ0n) is 14.6. The molecule has 1 aromatic carbocycles. The van der Waals surface area contributed by atoms with Crippen LogP contribution < -0.4 is 5.56 Å². The highest BCUT2D eigenvalue weighted by Gasteiger charge is 2.22. The lowest BCUT2D eigenvalue weighted by atomic mass is 10.0. The van der Waals surface area contributed by atoms with Crippen molar-refractivity contribution in [3.63, 3.8) is 0 Å². The second-order valence-corrected chi connectivity index (χ2v) is 6.78. The molecule has 4 heterocycles. The topological polar surface area (TPSA) is 90.6 Å². The molecule has 0 unspecified atom stereocenters. The van der Waals surface area contributed by atoms with E-state index in [-0.39, 0.29) is 5.56 Å². The molecule has 0 bridgehead atoms. The number of hydrogen-bond acceptors (Lipinski definition) is 5. The number of aromatic amines is 2. The Balaban J connectivity index is 1.46. The highest BCUT2D eigenvalue weighted by molar-refractivity contribution is 5.82. The lowest BCUT2D eigenvalue weighted by molar-refractivity contribution is 0.241. The van der Waals surface area contributed by atoms with E-state index in [4.69, 9.17) is 4.98 Å². The third-order valence-electron chi connectivity index (χ3n) is 5.07. The molecular formula is C20H18N6O. The zero-order valence-corrected chi connectivity index (χ0v) is 14.6. The van der Waals surface area contributed by atoms with Gasteiger partial charge in [-0.15, -0.1) is 0 Å². The molecule has 0 aliphatic carbocycles. The molecule has 1 aliphatic heterocycles. The Kier molecular flexibility index (Phi) is 3.79. The number of nitrogens with zero attached hydrogens (tertiary/aromatic N) is 4. The van der Waals surface area contributed by atoms with E-state index in [1.165, 1.54) is 17.3 Å². The first kappa shape index (κ1) is 15.9. The fraction of sp³-hybridized carbons (Fsp3) is 0.200. The van der Waals surface area contributed by atoms with Gasteiger partial charge >= 0.3 is 0 Å². The maximum absolute atomic E-state index is 12.5. The van der Waals surface area contributed by atoms with E-state index in [0.29, 0.717) is 24.4 Å². The molecule has 0 amide bonds. The highest BCUT2D eigenvalue weighted by Crippen LogP contribution is 2.23. The Labute approximate surface area is 155 Å². The normalized spacial score (nSPS) is 14.4. The van der Waals surface area contributed by atoms with Crippen molar-refractivity contribution in [2.75, 3.05) is 6.54 Å². The third kappa shape index (κ3) is 2.92. The standard InChI is InChI=1S/C20H18N6O/c27-20-16-5-7-26(10-13-2-1-3-17-15(13)4-6-23-17)11-18(16)24-19(25-20)14-8-21-12-22-9-14/h1-4,6,8-9,12,23H,5,7,10-11H2,(H,24,25,27). The summed E-state index contributed by atoms with van der Waals surface area (Å²) in [5.74, 6) is 0.522. The molecule has 1 aliphatic rings. The van der Waals surface area contributed by atoms with Crippen molar-refractivity contribution in [3.05, 3.63) is 76.4 Å². The number of H-pyrrole nitrogens is 2. The number of hydrogen-bond donors (Lipinski definition) is 2. The van der Waals surface area contributed by atoms with Crippen LogP contribution in [0.5, 0.6) is 0 Å². The van der Waals surface area contributed by atoms with Gasteiger partial charge in [0, 0.05) is 54.7 Å². The molecule has 134 valence electrons. The maximum Gasteiger partial charge on any atom is 0.254 e. The summed E-state index contributed by atoms with van der Waals surface area (Å²) >= 11 is 0. The molecule has 0 fully saturated rings. The second-order valence-electron chi connectivity index (χ2n) is 6.78. The fourth-order valence-corrected chi connectivity index (χ4v) is 3.72. The Hall–Kier alpha value is -3.32. The summed E-state index contributed by atoms with van der Waals surface area (Å²) in [5, 5.41) is 1.24. The summed E-state index contributed by atoms with van der Waals surface area (Å²) in [7, 11) is 0. The van der Waals surface area contributed by atoms with E-state index < -0.39 is 0 Å². The molecule has 0 atom stereocenters. The first-order valence-electron chi connectivity index (χ1n) is 8.93. The molecule has 0 spiro atoms. The van der Waals surface area contributed by atoms with Crippen LogP contribution in [0.2, 0.25) is 0 Å². The fourth-order valence-electron chi connectivity index (χ4n) is 3.72. The average Bonchev–Trinajstić information content (AvgIpc) is 3.18. The van der Waals surface area contributed by atoms with Gasteiger partial charge in [-0.05, 0) is 24.1 Å². The highest BCUT2D eigenvalue weighted by atomic mass is 16.1. The van der Waals surface area contributed by atoms with Gasteiger partial charge in [0.15, 0.2) is 0 Å². The van der Waals surface area contributed by atoms with Crippen LogP contribution in [0.25, 0.3) is 22.3 Å². The van der Waals surface area contributed by atoms with Gasteiger partial charge < -0.3 is 9.97 Å². The van der Waals surface area contributed by atoms with Gasteiger partial charge in [-0.25, -0.2) is 15.0 Å². The van der Waals surface area contributed by atoms with Crippen LogP contribution in [0.15, 0.2) is 54.0 Å². The van der Waals surface area contributed by atoms with Crippen LogP contribution in [0.1, 0.15) is 16.8 Å². The van der Waals surface area contributed by atoms with E-state index in [1.54, 1.807) is 12.4 Å². The molecule has 4 aromatic rings. The second kappa shape index (κ2) is 6.44. The van der Waals surface area contributed by atoms with Gasteiger partial charge in [0.05, 0.1) is 11.3 Å². The first-order valence-corrected chi connectivity index (χ1v) is 8.93.